The van der Waals surface area contributed by atoms with Crippen molar-refractivity contribution in [1.82, 2.24) is 4.90 Å². The van der Waals surface area contributed by atoms with E-state index < -0.39 is 0 Å². The molecular formula is C12H17NO2. The van der Waals surface area contributed by atoms with Crippen molar-refractivity contribution in [3.05, 3.63) is 0 Å². The van der Waals surface area contributed by atoms with E-state index in [-0.39, 0.29) is 6.09 Å². The number of ether oxygens (including phenoxy) is 1. The highest BCUT2D eigenvalue weighted by atomic mass is 16.6. The van der Waals surface area contributed by atoms with Crippen LogP contribution in [-0.2, 0) is 4.74 Å². The molecule has 0 atom stereocenters. The average molecular weight is 207 g/mol. The second-order valence-electron chi connectivity index (χ2n) is 4.26. The van der Waals surface area contributed by atoms with Gasteiger partial charge in [0.25, 0.3) is 0 Å². The monoisotopic (exact) mass is 207 g/mol. The normalized spacial score (nSPS) is 22.1. The van der Waals surface area contributed by atoms with Gasteiger partial charge in [-0.15, -0.1) is 0 Å². The van der Waals surface area contributed by atoms with Gasteiger partial charge in [0.15, 0.2) is 0 Å². The fraction of sp³-hybridized carbons (Fsp3) is 0.750. The smallest absolute Gasteiger partial charge is 0.421 e. The first-order valence-electron chi connectivity index (χ1n) is 5.79. The van der Waals surface area contributed by atoms with Gasteiger partial charge in [-0.25, -0.2) is 9.69 Å². The van der Waals surface area contributed by atoms with Crippen LogP contribution in [0, 0.1) is 17.9 Å². The van der Waals surface area contributed by atoms with Gasteiger partial charge in [-0.3, -0.25) is 0 Å². The Kier molecular flexibility index (Phi) is 3.49. The molecule has 1 heterocycles. The summed E-state index contributed by atoms with van der Waals surface area (Å²) in [7, 11) is 0. The summed E-state index contributed by atoms with van der Waals surface area (Å²) in [5.41, 5.74) is 0. The predicted molar refractivity (Wildman–Crippen MR) is 57.0 cm³/mol. The number of amides is 1. The highest BCUT2D eigenvalue weighted by molar-refractivity contribution is 5.71. The molecule has 0 aromatic heterocycles. The fourth-order valence-electron chi connectivity index (χ4n) is 2.17. The Bertz CT molecular complexity index is 284. The van der Waals surface area contributed by atoms with Crippen molar-refractivity contribution in [3.8, 4) is 12.0 Å². The SMILES string of the molecule is O=C1OCCN1C#CCC1CCCCC1. The molecule has 3 heteroatoms. The molecular weight excluding hydrogens is 190 g/mol. The molecule has 0 radical (unpaired) electrons. The highest BCUT2D eigenvalue weighted by Crippen LogP contribution is 2.25. The fourth-order valence-corrected chi connectivity index (χ4v) is 2.17. The van der Waals surface area contributed by atoms with E-state index in [2.05, 4.69) is 12.0 Å². The topological polar surface area (TPSA) is 29.5 Å². The third-order valence-electron chi connectivity index (χ3n) is 3.09. The van der Waals surface area contributed by atoms with Crippen LogP contribution in [0.5, 0.6) is 0 Å². The molecule has 2 aliphatic rings. The lowest BCUT2D eigenvalue weighted by atomic mass is 9.87. The van der Waals surface area contributed by atoms with Crippen LogP contribution in [0.15, 0.2) is 0 Å². The first kappa shape index (κ1) is 10.4. The first-order chi connectivity index (χ1) is 7.36. The van der Waals surface area contributed by atoms with E-state index in [0.717, 1.165) is 12.3 Å². The number of hydrogen-bond acceptors (Lipinski definition) is 2. The Balaban J connectivity index is 1.76. The minimum Gasteiger partial charge on any atom is -0.447 e. The predicted octanol–water partition coefficient (Wildman–Crippen LogP) is 2.37. The Hall–Kier alpha value is -1.17. The van der Waals surface area contributed by atoms with Crippen molar-refractivity contribution in [2.24, 2.45) is 5.92 Å². The summed E-state index contributed by atoms with van der Waals surface area (Å²) in [4.78, 5) is 12.5. The maximum absolute atomic E-state index is 11.1. The molecule has 3 nitrogen and oxygen atoms in total. The lowest BCUT2D eigenvalue weighted by molar-refractivity contribution is 0.167. The molecule has 0 aromatic carbocycles. The Morgan fingerprint density at radius 1 is 1.33 bits per heavy atom. The van der Waals surface area contributed by atoms with Crippen LogP contribution in [0.2, 0.25) is 0 Å². The summed E-state index contributed by atoms with van der Waals surface area (Å²) < 4.78 is 4.79. The van der Waals surface area contributed by atoms with Gasteiger partial charge in [0.1, 0.15) is 6.61 Å². The quantitative estimate of drug-likeness (QED) is 0.618. The van der Waals surface area contributed by atoms with Gasteiger partial charge < -0.3 is 4.74 Å². The molecule has 1 amide bonds. The number of carbonyl (C=O) groups is 1. The summed E-state index contributed by atoms with van der Waals surface area (Å²) in [5.74, 6) is 3.86. The van der Waals surface area contributed by atoms with E-state index in [4.69, 9.17) is 4.74 Å². The second kappa shape index (κ2) is 5.06. The van der Waals surface area contributed by atoms with Gasteiger partial charge in [0.05, 0.1) is 6.54 Å². The molecule has 0 aromatic rings. The van der Waals surface area contributed by atoms with Crippen molar-refractivity contribution in [3.63, 3.8) is 0 Å². The van der Waals surface area contributed by atoms with Crippen LogP contribution in [0.1, 0.15) is 38.5 Å². The summed E-state index contributed by atoms with van der Waals surface area (Å²) in [6.07, 6.45) is 7.33. The molecule has 0 unspecified atom stereocenters. The second-order valence-corrected chi connectivity index (χ2v) is 4.26. The minimum absolute atomic E-state index is 0.286. The zero-order chi connectivity index (χ0) is 10.5. The number of nitrogens with zero attached hydrogens (tertiary/aromatic N) is 1. The summed E-state index contributed by atoms with van der Waals surface area (Å²) in [5, 5.41) is 0. The average Bonchev–Trinajstić information content (AvgIpc) is 2.66. The molecule has 2 fully saturated rings. The zero-order valence-electron chi connectivity index (χ0n) is 9.00. The van der Waals surface area contributed by atoms with Crippen LogP contribution < -0.4 is 0 Å². The molecule has 82 valence electrons. The first-order valence-corrected chi connectivity index (χ1v) is 5.79. The van der Waals surface area contributed by atoms with Crippen molar-refractivity contribution in [2.45, 2.75) is 38.5 Å². The van der Waals surface area contributed by atoms with Crippen molar-refractivity contribution in [1.29, 1.82) is 0 Å². The molecule has 1 aliphatic heterocycles. The molecule has 0 N–H and O–H groups in total. The third kappa shape index (κ3) is 2.89. The molecule has 0 bridgehead atoms. The Labute approximate surface area is 90.8 Å². The number of carbonyl (C=O) groups excluding carboxylic acids is 1. The Morgan fingerprint density at radius 2 is 2.13 bits per heavy atom. The molecule has 1 saturated heterocycles. The van der Waals surface area contributed by atoms with Gasteiger partial charge in [-0.05, 0) is 18.8 Å². The molecule has 1 aliphatic carbocycles. The van der Waals surface area contributed by atoms with Crippen LogP contribution in [0.4, 0.5) is 4.79 Å². The number of hydrogen-bond donors (Lipinski definition) is 0. The standard InChI is InChI=1S/C12H17NO2/c14-12-13(9-10-15-12)8-4-7-11-5-2-1-3-6-11/h11H,1-3,5-7,9-10H2. The number of rotatable bonds is 1. The van der Waals surface area contributed by atoms with Gasteiger partial charge >= 0.3 is 6.09 Å². The summed E-state index contributed by atoms with van der Waals surface area (Å²) in [6, 6.07) is 2.89. The lowest BCUT2D eigenvalue weighted by Gasteiger charge is -2.18. The van der Waals surface area contributed by atoms with Crippen LogP contribution in [-0.4, -0.2) is 24.1 Å². The van der Waals surface area contributed by atoms with E-state index >= 15 is 0 Å². The van der Waals surface area contributed by atoms with Gasteiger partial charge in [0, 0.05) is 12.5 Å². The zero-order valence-corrected chi connectivity index (χ0v) is 9.00. The van der Waals surface area contributed by atoms with Crippen molar-refractivity contribution < 1.29 is 9.53 Å². The molecule has 0 spiro atoms. The van der Waals surface area contributed by atoms with E-state index in [0.29, 0.717) is 13.2 Å². The third-order valence-corrected chi connectivity index (χ3v) is 3.09. The largest absolute Gasteiger partial charge is 0.447 e. The summed E-state index contributed by atoms with van der Waals surface area (Å²) in [6.45, 7) is 1.10. The van der Waals surface area contributed by atoms with E-state index in [1.807, 2.05) is 0 Å². The summed E-state index contributed by atoms with van der Waals surface area (Å²) >= 11 is 0. The van der Waals surface area contributed by atoms with Gasteiger partial charge in [-0.1, -0.05) is 25.2 Å². The lowest BCUT2D eigenvalue weighted by Crippen LogP contribution is -2.17. The molecule has 2 rings (SSSR count). The van der Waals surface area contributed by atoms with E-state index in [1.165, 1.54) is 37.0 Å². The number of cyclic esters (lactones) is 1. The minimum atomic E-state index is -0.286. The van der Waals surface area contributed by atoms with Crippen LogP contribution in [0.25, 0.3) is 0 Å². The Morgan fingerprint density at radius 3 is 2.80 bits per heavy atom. The molecule has 15 heavy (non-hydrogen) atoms. The van der Waals surface area contributed by atoms with Gasteiger partial charge in [0.2, 0.25) is 0 Å². The van der Waals surface area contributed by atoms with E-state index in [1.54, 1.807) is 0 Å². The maximum Gasteiger partial charge on any atom is 0.421 e. The maximum atomic E-state index is 11.1. The van der Waals surface area contributed by atoms with Gasteiger partial charge in [-0.2, -0.15) is 0 Å². The molecule has 1 saturated carbocycles. The van der Waals surface area contributed by atoms with Crippen molar-refractivity contribution >= 4 is 6.09 Å². The highest BCUT2D eigenvalue weighted by Gasteiger charge is 2.19. The van der Waals surface area contributed by atoms with Crippen LogP contribution in [0.3, 0.4) is 0 Å². The van der Waals surface area contributed by atoms with Crippen molar-refractivity contribution in [2.75, 3.05) is 13.2 Å². The van der Waals surface area contributed by atoms with Crippen LogP contribution >= 0.6 is 0 Å². The van der Waals surface area contributed by atoms with E-state index in [9.17, 15) is 4.79 Å².